The molecule has 0 bridgehead atoms. The van der Waals surface area contributed by atoms with Crippen molar-refractivity contribution in [3.05, 3.63) is 59.4 Å². The number of fused-ring (bicyclic) bond motifs is 1. The second-order valence-electron chi connectivity index (χ2n) is 13.5. The van der Waals surface area contributed by atoms with E-state index in [0.29, 0.717) is 25.4 Å². The van der Waals surface area contributed by atoms with Crippen molar-refractivity contribution in [1.29, 1.82) is 0 Å². The summed E-state index contributed by atoms with van der Waals surface area (Å²) in [5, 5.41) is 48.8. The van der Waals surface area contributed by atoms with E-state index in [0.717, 1.165) is 42.1 Å². The first-order valence-electron chi connectivity index (χ1n) is 18.7. The highest BCUT2D eigenvalue weighted by Crippen LogP contribution is 2.39. The van der Waals surface area contributed by atoms with Crippen LogP contribution in [-0.2, 0) is 40.1 Å². The van der Waals surface area contributed by atoms with Crippen molar-refractivity contribution >= 4 is 17.6 Å². The predicted molar refractivity (Wildman–Crippen MR) is 194 cm³/mol. The van der Waals surface area contributed by atoms with Crippen molar-refractivity contribution in [2.24, 2.45) is 0 Å². The highest BCUT2D eigenvalue weighted by Gasteiger charge is 2.41. The Kier molecular flexibility index (Phi) is 17.1. The number of carbonyl (C=O) groups excluding carboxylic acids is 2. The zero-order chi connectivity index (χ0) is 40.6. The Morgan fingerprint density at radius 3 is 2.42 bits per heavy atom. The van der Waals surface area contributed by atoms with Gasteiger partial charge in [0, 0.05) is 58.0 Å². The number of tetrazole rings is 1. The van der Waals surface area contributed by atoms with Gasteiger partial charge in [-0.05, 0) is 71.5 Å². The molecule has 314 valence electrons. The number of H-pyrrole nitrogens is 1. The summed E-state index contributed by atoms with van der Waals surface area (Å²) in [4.78, 5) is 40.2. The monoisotopic (exact) mass is 804 g/mol. The molecule has 1 aromatic heterocycles. The number of carbonyl (C=O) groups is 2. The van der Waals surface area contributed by atoms with Gasteiger partial charge in [-0.15, -0.1) is 5.10 Å². The SMILES string of the molecule is COCCCN1CCOc2ccc(COC3CN(C(=O)CCCON(O)O)C(CC(OC(=O)CCCON(O)O)c4nnn[nH]4)CC3c3ccc(OC)cc3)cc21. The summed E-state index contributed by atoms with van der Waals surface area (Å²) in [5.41, 5.74) is 2.87. The van der Waals surface area contributed by atoms with Gasteiger partial charge < -0.3 is 33.5 Å². The highest BCUT2D eigenvalue weighted by atomic mass is 17.1. The molecule has 2 aliphatic rings. The Bertz CT molecular complexity index is 1650. The van der Waals surface area contributed by atoms with Crippen LogP contribution in [0.2, 0.25) is 0 Å². The Morgan fingerprint density at radius 2 is 1.74 bits per heavy atom. The number of likely N-dealkylation sites (tertiary alicyclic amines) is 1. The van der Waals surface area contributed by atoms with Gasteiger partial charge in [0.2, 0.25) is 5.91 Å². The van der Waals surface area contributed by atoms with Crippen molar-refractivity contribution in [3.8, 4) is 11.5 Å². The molecule has 1 amide bonds. The number of hydrogen-bond acceptors (Lipinski definition) is 19. The Hall–Kier alpha value is -4.55. The molecule has 5 rings (SSSR count). The smallest absolute Gasteiger partial charge is 0.306 e. The number of anilines is 1. The molecule has 0 saturated carbocycles. The zero-order valence-electron chi connectivity index (χ0n) is 32.1. The summed E-state index contributed by atoms with van der Waals surface area (Å²) in [6, 6.07) is 13.2. The zero-order valence-corrected chi connectivity index (χ0v) is 32.1. The molecular formula is C36H52N8O13. The van der Waals surface area contributed by atoms with Crippen molar-refractivity contribution < 1.29 is 63.8 Å². The average molecular weight is 805 g/mol. The fourth-order valence-corrected chi connectivity index (χ4v) is 7.04. The van der Waals surface area contributed by atoms with Crippen LogP contribution < -0.4 is 14.4 Å². The summed E-state index contributed by atoms with van der Waals surface area (Å²) < 4.78 is 29.2. The van der Waals surface area contributed by atoms with E-state index >= 15 is 0 Å². The molecule has 1 saturated heterocycles. The maximum absolute atomic E-state index is 14.0. The first-order chi connectivity index (χ1) is 27.6. The van der Waals surface area contributed by atoms with E-state index in [1.165, 1.54) is 0 Å². The normalized spacial score (nSPS) is 18.7. The molecule has 3 aromatic rings. The van der Waals surface area contributed by atoms with Crippen molar-refractivity contribution in [2.45, 2.75) is 75.7 Å². The minimum Gasteiger partial charge on any atom is -0.497 e. The molecule has 2 aliphatic heterocycles. The molecule has 4 unspecified atom stereocenters. The maximum Gasteiger partial charge on any atom is 0.306 e. The average Bonchev–Trinajstić information content (AvgIpc) is 3.76. The van der Waals surface area contributed by atoms with E-state index in [2.05, 4.69) is 36.4 Å². The first kappa shape index (κ1) is 43.6. The molecule has 1 fully saturated rings. The molecule has 0 spiro atoms. The number of methoxy groups -OCH3 is 2. The quantitative estimate of drug-likeness (QED) is 0.0525. The number of ether oxygens (including phenoxy) is 5. The van der Waals surface area contributed by atoms with E-state index in [9.17, 15) is 9.59 Å². The van der Waals surface area contributed by atoms with Crippen LogP contribution in [0.25, 0.3) is 0 Å². The van der Waals surface area contributed by atoms with Gasteiger partial charge in [0.05, 0.1) is 56.0 Å². The summed E-state index contributed by atoms with van der Waals surface area (Å²) in [7, 11) is 3.28. The fourth-order valence-electron chi connectivity index (χ4n) is 7.04. The van der Waals surface area contributed by atoms with E-state index in [4.69, 9.17) is 49.4 Å². The lowest BCUT2D eigenvalue weighted by Gasteiger charge is -2.45. The Morgan fingerprint density at radius 1 is 0.982 bits per heavy atom. The Balaban J connectivity index is 1.40. The largest absolute Gasteiger partial charge is 0.497 e. The van der Waals surface area contributed by atoms with Crippen LogP contribution in [0.15, 0.2) is 42.5 Å². The van der Waals surface area contributed by atoms with Crippen LogP contribution in [0.3, 0.4) is 0 Å². The third kappa shape index (κ3) is 13.2. The lowest BCUT2D eigenvalue weighted by molar-refractivity contribution is -0.492. The lowest BCUT2D eigenvalue weighted by Crippen LogP contribution is -2.53. The summed E-state index contributed by atoms with van der Waals surface area (Å²) in [6.07, 6.45) is 0.116. The Labute approximate surface area is 329 Å². The van der Waals surface area contributed by atoms with Gasteiger partial charge in [-0.1, -0.05) is 18.2 Å². The second kappa shape index (κ2) is 22.4. The van der Waals surface area contributed by atoms with Crippen molar-refractivity contribution in [2.75, 3.05) is 65.2 Å². The summed E-state index contributed by atoms with van der Waals surface area (Å²) in [5.74, 6) is 0.568. The molecule has 0 radical (unpaired) electrons. The number of nitrogens with one attached hydrogen (secondary N) is 1. The number of piperidine rings is 1. The van der Waals surface area contributed by atoms with Gasteiger partial charge >= 0.3 is 5.97 Å². The van der Waals surface area contributed by atoms with Crippen LogP contribution in [0.4, 0.5) is 5.69 Å². The summed E-state index contributed by atoms with van der Waals surface area (Å²) >= 11 is 0. The van der Waals surface area contributed by atoms with Gasteiger partial charge in [0.25, 0.3) is 0 Å². The van der Waals surface area contributed by atoms with Gasteiger partial charge in [-0.2, -0.15) is 0 Å². The molecule has 4 atom stereocenters. The fraction of sp³-hybridized carbons (Fsp3) is 0.583. The van der Waals surface area contributed by atoms with E-state index in [1.807, 2.05) is 36.4 Å². The van der Waals surface area contributed by atoms with Crippen molar-refractivity contribution in [3.63, 3.8) is 0 Å². The van der Waals surface area contributed by atoms with Gasteiger partial charge in [-0.3, -0.25) is 40.1 Å². The number of rotatable bonds is 23. The van der Waals surface area contributed by atoms with Crippen LogP contribution in [0.5, 0.6) is 11.5 Å². The number of aromatic amines is 1. The molecule has 21 nitrogen and oxygen atoms in total. The molecule has 57 heavy (non-hydrogen) atoms. The van der Waals surface area contributed by atoms with Crippen LogP contribution in [-0.4, -0.2) is 141 Å². The molecule has 21 heteroatoms. The van der Waals surface area contributed by atoms with Crippen LogP contribution in [0.1, 0.15) is 73.9 Å². The maximum atomic E-state index is 14.0. The van der Waals surface area contributed by atoms with Gasteiger partial charge in [0.1, 0.15) is 18.1 Å². The molecule has 2 aromatic carbocycles. The number of hydrogen-bond donors (Lipinski definition) is 5. The van der Waals surface area contributed by atoms with Gasteiger partial charge in [-0.25, -0.2) is 5.10 Å². The predicted octanol–water partition coefficient (Wildman–Crippen LogP) is 2.97. The standard InChI is InChI=1S/C36H52N8O13/c1-51-16-5-14-41-15-19-53-31-13-8-25(20-30(31)41)24-54-33-23-42(34(45)6-3-17-55-43(47)48)27(21-29(33)26-9-11-28(52-2)12-10-26)22-32(36-37-39-40-38-36)57-35(46)7-4-18-56-44(49)50/h8-13,20,27,29,32-33,47-50H,3-7,14-19,21-24H2,1-2H3,(H,37,38,39,40). The third-order valence-electron chi connectivity index (χ3n) is 9.78. The molecular weight excluding hydrogens is 752 g/mol. The highest BCUT2D eigenvalue weighted by molar-refractivity contribution is 5.77. The molecule has 5 N–H and O–H groups in total. The second-order valence-corrected chi connectivity index (χ2v) is 13.5. The van der Waals surface area contributed by atoms with E-state index in [1.54, 1.807) is 19.1 Å². The number of aromatic nitrogens is 4. The van der Waals surface area contributed by atoms with Crippen molar-refractivity contribution in [1.82, 2.24) is 36.3 Å². The van der Waals surface area contributed by atoms with E-state index < -0.39 is 35.0 Å². The van der Waals surface area contributed by atoms with Gasteiger partial charge in [0.15, 0.2) is 11.9 Å². The topological polar surface area (TPSA) is 247 Å². The molecule has 0 aliphatic carbocycles. The lowest BCUT2D eigenvalue weighted by atomic mass is 9.81. The minimum atomic E-state index is -0.986. The first-order valence-corrected chi connectivity index (χ1v) is 18.7. The number of esters is 1. The number of benzene rings is 2. The molecule has 3 heterocycles. The van der Waals surface area contributed by atoms with Crippen LogP contribution >= 0.6 is 0 Å². The minimum absolute atomic E-state index is 0.00897. The number of nitrogens with zero attached hydrogens (tertiary/aromatic N) is 7. The third-order valence-corrected chi connectivity index (χ3v) is 9.78. The van der Waals surface area contributed by atoms with E-state index in [-0.39, 0.29) is 76.1 Å². The summed E-state index contributed by atoms with van der Waals surface area (Å²) in [6.45, 7) is 2.94. The van der Waals surface area contributed by atoms with Crippen LogP contribution in [0, 0.1) is 0 Å². The number of amides is 1.